The molecule has 1 aromatic carbocycles. The van der Waals surface area contributed by atoms with Gasteiger partial charge >= 0.3 is 0 Å². The van der Waals surface area contributed by atoms with Gasteiger partial charge in [0.25, 0.3) is 0 Å². The number of hydrogen-bond donors (Lipinski definition) is 1. The first-order chi connectivity index (χ1) is 7.04. The Kier molecular flexibility index (Phi) is 3.68. The van der Waals surface area contributed by atoms with E-state index in [9.17, 15) is 8.42 Å². The average molecular weight is 226 g/mol. The van der Waals surface area contributed by atoms with Crippen molar-refractivity contribution < 1.29 is 8.42 Å². The second-order valence-corrected chi connectivity index (χ2v) is 4.45. The highest BCUT2D eigenvalue weighted by molar-refractivity contribution is 7.89. The summed E-state index contributed by atoms with van der Waals surface area (Å²) >= 11 is 0. The van der Waals surface area contributed by atoms with Gasteiger partial charge in [-0.2, -0.15) is 0 Å². The zero-order valence-corrected chi connectivity index (χ0v) is 8.68. The molecule has 0 heterocycles. The van der Waals surface area contributed by atoms with Gasteiger partial charge in [-0.3, -0.25) is 0 Å². The van der Waals surface area contributed by atoms with Gasteiger partial charge in [-0.25, -0.2) is 13.6 Å². The zero-order valence-electron chi connectivity index (χ0n) is 7.87. The Bertz CT molecular complexity index is 474. The number of azide groups is 1. The molecule has 0 atom stereocenters. The summed E-state index contributed by atoms with van der Waals surface area (Å²) in [7, 11) is -3.63. The first-order valence-corrected chi connectivity index (χ1v) is 5.71. The molecule has 0 aliphatic carbocycles. The van der Waals surface area contributed by atoms with Crippen molar-refractivity contribution in [2.45, 2.75) is 11.3 Å². The molecule has 0 aromatic heterocycles. The molecule has 0 spiro atoms. The smallest absolute Gasteiger partial charge is 0.225 e. The van der Waals surface area contributed by atoms with Crippen LogP contribution in [0.2, 0.25) is 0 Å². The molecule has 15 heavy (non-hydrogen) atoms. The molecule has 1 rings (SSSR count). The number of rotatable bonds is 4. The van der Waals surface area contributed by atoms with E-state index >= 15 is 0 Å². The SMILES string of the molecule is [N-]=[N+]=NCCc1ccc(S(N)(=O)=O)cc1. The standard InChI is InChI=1S/C8H10N4O2S/c9-12-11-6-5-7-1-3-8(4-2-7)15(10,13)14/h1-4H,5-6H2,(H2,10,13,14). The van der Waals surface area contributed by atoms with Crippen LogP contribution in [0.15, 0.2) is 34.3 Å². The maximum absolute atomic E-state index is 10.9. The molecule has 0 aliphatic rings. The van der Waals surface area contributed by atoms with Crippen LogP contribution in [0.5, 0.6) is 0 Å². The number of hydrogen-bond acceptors (Lipinski definition) is 3. The molecule has 7 heteroatoms. The van der Waals surface area contributed by atoms with E-state index in [-0.39, 0.29) is 4.90 Å². The van der Waals surface area contributed by atoms with Crippen molar-refractivity contribution in [1.82, 2.24) is 0 Å². The summed E-state index contributed by atoms with van der Waals surface area (Å²) in [5, 5.41) is 8.31. The first-order valence-electron chi connectivity index (χ1n) is 4.16. The van der Waals surface area contributed by atoms with Crippen molar-refractivity contribution in [3.05, 3.63) is 40.3 Å². The number of benzene rings is 1. The molecule has 0 saturated carbocycles. The molecule has 0 radical (unpaired) electrons. The normalized spacial score (nSPS) is 10.7. The van der Waals surface area contributed by atoms with Crippen molar-refractivity contribution in [1.29, 1.82) is 0 Å². The van der Waals surface area contributed by atoms with Crippen LogP contribution in [0.25, 0.3) is 10.4 Å². The Labute approximate surface area is 87.4 Å². The highest BCUT2D eigenvalue weighted by Gasteiger charge is 2.05. The molecule has 0 unspecified atom stereocenters. The van der Waals surface area contributed by atoms with Crippen molar-refractivity contribution in [2.24, 2.45) is 10.3 Å². The van der Waals surface area contributed by atoms with E-state index in [1.165, 1.54) is 12.1 Å². The molecule has 0 aliphatic heterocycles. The molecule has 2 N–H and O–H groups in total. The Morgan fingerprint density at radius 2 is 1.93 bits per heavy atom. The third-order valence-electron chi connectivity index (χ3n) is 1.82. The number of sulfonamides is 1. The minimum absolute atomic E-state index is 0.0787. The summed E-state index contributed by atoms with van der Waals surface area (Å²) in [5.41, 5.74) is 8.96. The van der Waals surface area contributed by atoms with Crippen molar-refractivity contribution >= 4 is 10.0 Å². The predicted octanol–water partition coefficient (Wildman–Crippen LogP) is 1.19. The highest BCUT2D eigenvalue weighted by Crippen LogP contribution is 2.09. The van der Waals surface area contributed by atoms with Crippen LogP contribution in [-0.4, -0.2) is 15.0 Å². The minimum Gasteiger partial charge on any atom is -0.225 e. The molecule has 80 valence electrons. The van der Waals surface area contributed by atoms with Gasteiger partial charge in [-0.05, 0) is 29.6 Å². The van der Waals surface area contributed by atoms with Crippen molar-refractivity contribution in [2.75, 3.05) is 6.54 Å². The third kappa shape index (κ3) is 3.59. The summed E-state index contributed by atoms with van der Waals surface area (Å²) in [6.07, 6.45) is 0.578. The summed E-state index contributed by atoms with van der Waals surface area (Å²) < 4.78 is 21.8. The fourth-order valence-electron chi connectivity index (χ4n) is 1.07. The van der Waals surface area contributed by atoms with Crippen LogP contribution >= 0.6 is 0 Å². The second-order valence-electron chi connectivity index (χ2n) is 2.89. The Balaban J connectivity index is 2.77. The lowest BCUT2D eigenvalue weighted by atomic mass is 10.2. The van der Waals surface area contributed by atoms with E-state index in [4.69, 9.17) is 10.7 Å². The lowest BCUT2D eigenvalue weighted by molar-refractivity contribution is 0.598. The van der Waals surface area contributed by atoms with E-state index in [0.717, 1.165) is 5.56 Å². The van der Waals surface area contributed by atoms with Gasteiger partial charge in [0.1, 0.15) is 0 Å². The summed E-state index contributed by atoms with van der Waals surface area (Å²) in [5.74, 6) is 0. The predicted molar refractivity (Wildman–Crippen MR) is 55.5 cm³/mol. The Morgan fingerprint density at radius 3 is 2.40 bits per heavy atom. The number of nitrogens with two attached hydrogens (primary N) is 1. The fourth-order valence-corrected chi connectivity index (χ4v) is 1.59. The van der Waals surface area contributed by atoms with Crippen LogP contribution in [0.1, 0.15) is 5.56 Å². The van der Waals surface area contributed by atoms with Crippen LogP contribution in [0.3, 0.4) is 0 Å². The minimum atomic E-state index is -3.63. The summed E-state index contributed by atoms with van der Waals surface area (Å²) in [4.78, 5) is 2.70. The van der Waals surface area contributed by atoms with Gasteiger partial charge < -0.3 is 0 Å². The molecule has 6 nitrogen and oxygen atoms in total. The lowest BCUT2D eigenvalue weighted by Gasteiger charge is -2.00. The monoisotopic (exact) mass is 226 g/mol. The van der Waals surface area contributed by atoms with Crippen LogP contribution in [0.4, 0.5) is 0 Å². The molecule has 0 fully saturated rings. The van der Waals surface area contributed by atoms with Gasteiger partial charge in [0.05, 0.1) is 4.90 Å². The van der Waals surface area contributed by atoms with Gasteiger partial charge in [0.15, 0.2) is 0 Å². The molecule has 1 aromatic rings. The highest BCUT2D eigenvalue weighted by atomic mass is 32.2. The lowest BCUT2D eigenvalue weighted by Crippen LogP contribution is -2.11. The molecule has 0 bridgehead atoms. The van der Waals surface area contributed by atoms with E-state index in [2.05, 4.69) is 10.0 Å². The number of nitrogens with zero attached hydrogens (tertiary/aromatic N) is 3. The topological polar surface area (TPSA) is 109 Å². The van der Waals surface area contributed by atoms with Crippen molar-refractivity contribution in [3.63, 3.8) is 0 Å². The molecular weight excluding hydrogens is 216 g/mol. The van der Waals surface area contributed by atoms with Gasteiger partial charge in [0, 0.05) is 11.5 Å². The van der Waals surface area contributed by atoms with Gasteiger partial charge in [-0.1, -0.05) is 17.2 Å². The molecule has 0 saturated heterocycles. The van der Waals surface area contributed by atoms with Crippen molar-refractivity contribution in [3.8, 4) is 0 Å². The Hall–Kier alpha value is -1.56. The largest absolute Gasteiger partial charge is 0.238 e. The van der Waals surface area contributed by atoms with Crippen LogP contribution in [-0.2, 0) is 16.4 Å². The van der Waals surface area contributed by atoms with E-state index in [1.54, 1.807) is 12.1 Å². The van der Waals surface area contributed by atoms with Gasteiger partial charge in [-0.15, -0.1) is 0 Å². The van der Waals surface area contributed by atoms with Gasteiger partial charge in [0.2, 0.25) is 10.0 Å². The fraction of sp³-hybridized carbons (Fsp3) is 0.250. The Morgan fingerprint density at radius 1 is 1.33 bits per heavy atom. The van der Waals surface area contributed by atoms with Crippen LogP contribution in [0, 0.1) is 0 Å². The third-order valence-corrected chi connectivity index (χ3v) is 2.74. The zero-order chi connectivity index (χ0) is 11.3. The molecule has 0 amide bonds. The second kappa shape index (κ2) is 4.79. The van der Waals surface area contributed by atoms with E-state index in [1.807, 2.05) is 0 Å². The van der Waals surface area contributed by atoms with E-state index < -0.39 is 10.0 Å². The number of primary sulfonamides is 1. The van der Waals surface area contributed by atoms with Crippen LogP contribution < -0.4 is 5.14 Å². The van der Waals surface area contributed by atoms with E-state index in [0.29, 0.717) is 13.0 Å². The average Bonchev–Trinajstić information content (AvgIpc) is 2.18. The molecular formula is C8H10N4O2S. The quantitative estimate of drug-likeness (QED) is 0.472. The maximum atomic E-state index is 10.9. The maximum Gasteiger partial charge on any atom is 0.238 e. The summed E-state index contributed by atoms with van der Waals surface area (Å²) in [6, 6.07) is 6.15. The first kappa shape index (κ1) is 11.5. The summed E-state index contributed by atoms with van der Waals surface area (Å²) in [6.45, 7) is 0.352.